The Morgan fingerprint density at radius 2 is 2.08 bits per heavy atom. The van der Waals surface area contributed by atoms with Gasteiger partial charge >= 0.3 is 0 Å². The van der Waals surface area contributed by atoms with E-state index in [2.05, 4.69) is 30.7 Å². The number of thioether (sulfide) groups is 1. The molecule has 146 valence electrons. The van der Waals surface area contributed by atoms with Crippen LogP contribution in [0.25, 0.3) is 0 Å². The number of hydrogen-bond acceptors (Lipinski definition) is 4. The molecule has 1 atom stereocenters. The van der Waals surface area contributed by atoms with Crippen molar-refractivity contribution >= 4 is 41.7 Å². The van der Waals surface area contributed by atoms with Gasteiger partial charge < -0.3 is 19.8 Å². The molecule has 0 aliphatic heterocycles. The fourth-order valence-electron chi connectivity index (χ4n) is 2.33. The molecule has 25 heavy (non-hydrogen) atoms. The molecule has 0 saturated carbocycles. The van der Waals surface area contributed by atoms with E-state index in [1.54, 1.807) is 6.26 Å². The molecule has 0 saturated heterocycles. The first-order valence-corrected chi connectivity index (χ1v) is 10.2. The Morgan fingerprint density at radius 1 is 1.32 bits per heavy atom. The average Bonchev–Trinajstić information content (AvgIpc) is 3.07. The van der Waals surface area contributed by atoms with Gasteiger partial charge in [-0.3, -0.25) is 4.99 Å². The lowest BCUT2D eigenvalue weighted by Gasteiger charge is -2.20. The minimum absolute atomic E-state index is 0. The molecular formula is C18H34IN3O2S. The minimum atomic E-state index is 0. The number of furan rings is 1. The molecule has 5 nitrogen and oxygen atoms in total. The Labute approximate surface area is 174 Å². The van der Waals surface area contributed by atoms with Crippen LogP contribution in [0.1, 0.15) is 33.0 Å². The second-order valence-electron chi connectivity index (χ2n) is 5.93. The highest BCUT2D eigenvalue weighted by Crippen LogP contribution is 2.10. The van der Waals surface area contributed by atoms with Crippen molar-refractivity contribution < 1.29 is 9.15 Å². The fraction of sp³-hybridized carbons (Fsp3) is 0.722. The van der Waals surface area contributed by atoms with Crippen LogP contribution in [-0.2, 0) is 11.2 Å². The zero-order valence-electron chi connectivity index (χ0n) is 15.9. The Hall–Kier alpha value is -0.410. The van der Waals surface area contributed by atoms with Crippen LogP contribution in [0.3, 0.4) is 0 Å². The highest BCUT2D eigenvalue weighted by molar-refractivity contribution is 14.0. The first-order chi connectivity index (χ1) is 11.7. The van der Waals surface area contributed by atoms with Crippen molar-refractivity contribution in [3.8, 4) is 0 Å². The maximum Gasteiger partial charge on any atom is 0.191 e. The van der Waals surface area contributed by atoms with Gasteiger partial charge in [0.25, 0.3) is 0 Å². The maximum atomic E-state index is 5.79. The van der Waals surface area contributed by atoms with Gasteiger partial charge in [-0.25, -0.2) is 0 Å². The van der Waals surface area contributed by atoms with Gasteiger partial charge in [0.1, 0.15) is 5.76 Å². The van der Waals surface area contributed by atoms with Crippen LogP contribution in [0.2, 0.25) is 0 Å². The lowest BCUT2D eigenvalue weighted by molar-refractivity contribution is 0.0266. The third-order valence-corrected chi connectivity index (χ3v) is 4.26. The lowest BCUT2D eigenvalue weighted by atomic mass is 10.0. The van der Waals surface area contributed by atoms with Crippen molar-refractivity contribution in [1.82, 2.24) is 10.6 Å². The van der Waals surface area contributed by atoms with Gasteiger partial charge in [-0.15, -0.1) is 24.0 Å². The summed E-state index contributed by atoms with van der Waals surface area (Å²) in [6.07, 6.45) is 5.89. The number of nitrogens with zero attached hydrogens (tertiary/aromatic N) is 1. The zero-order valence-corrected chi connectivity index (χ0v) is 19.1. The Bertz CT molecular complexity index is 442. The number of rotatable bonds is 12. The molecule has 0 spiro atoms. The second-order valence-corrected chi connectivity index (χ2v) is 6.92. The van der Waals surface area contributed by atoms with Gasteiger partial charge in [0.05, 0.1) is 12.4 Å². The maximum absolute atomic E-state index is 5.79. The van der Waals surface area contributed by atoms with Gasteiger partial charge in [0, 0.05) is 38.4 Å². The van der Waals surface area contributed by atoms with Crippen LogP contribution in [0.4, 0.5) is 0 Å². The van der Waals surface area contributed by atoms with Crippen LogP contribution in [0.15, 0.2) is 27.8 Å². The largest absolute Gasteiger partial charge is 0.469 e. The summed E-state index contributed by atoms with van der Waals surface area (Å²) in [7, 11) is 0. The molecule has 0 fully saturated rings. The standard InChI is InChI=1S/C18H33N3O2S.HI/c1-5-22-17(15(2)3)9-11-20-18(21-12-14-24-4)19-10-8-16-7-6-13-23-16;/h6-7,13,15,17H,5,8-12,14H2,1-4H3,(H2,19,20,21);1H. The van der Waals surface area contributed by atoms with Gasteiger partial charge in [0.15, 0.2) is 5.96 Å². The highest BCUT2D eigenvalue weighted by Gasteiger charge is 2.12. The summed E-state index contributed by atoms with van der Waals surface area (Å²) in [4.78, 5) is 4.69. The zero-order chi connectivity index (χ0) is 17.6. The summed E-state index contributed by atoms with van der Waals surface area (Å²) in [5.74, 6) is 3.43. The van der Waals surface area contributed by atoms with Crippen molar-refractivity contribution in [3.63, 3.8) is 0 Å². The summed E-state index contributed by atoms with van der Waals surface area (Å²) < 4.78 is 11.1. The molecule has 1 unspecified atom stereocenters. The monoisotopic (exact) mass is 483 g/mol. The third-order valence-electron chi connectivity index (χ3n) is 3.65. The molecule has 0 bridgehead atoms. The summed E-state index contributed by atoms with van der Waals surface area (Å²) in [5, 5.41) is 6.76. The Balaban J connectivity index is 0.00000576. The summed E-state index contributed by atoms with van der Waals surface area (Å²) in [5.41, 5.74) is 0. The molecule has 2 N–H and O–H groups in total. The quantitative estimate of drug-likeness (QED) is 0.205. The molecule has 1 rings (SSSR count). The van der Waals surface area contributed by atoms with E-state index in [9.17, 15) is 0 Å². The van der Waals surface area contributed by atoms with Crippen LogP contribution in [-0.4, -0.2) is 50.3 Å². The van der Waals surface area contributed by atoms with E-state index in [0.717, 1.165) is 56.6 Å². The molecule has 0 aliphatic rings. The number of halogens is 1. The molecule has 0 radical (unpaired) electrons. The molecule has 1 aromatic rings. The molecule has 0 aromatic carbocycles. The van der Waals surface area contributed by atoms with E-state index >= 15 is 0 Å². The van der Waals surface area contributed by atoms with E-state index in [1.165, 1.54) is 0 Å². The van der Waals surface area contributed by atoms with Crippen LogP contribution >= 0.6 is 35.7 Å². The Morgan fingerprint density at radius 3 is 2.68 bits per heavy atom. The number of nitrogens with one attached hydrogen (secondary N) is 2. The molecule has 1 heterocycles. The predicted molar refractivity (Wildman–Crippen MR) is 119 cm³/mol. The smallest absolute Gasteiger partial charge is 0.191 e. The molecule has 1 aromatic heterocycles. The van der Waals surface area contributed by atoms with Crippen molar-refractivity contribution in [2.75, 3.05) is 38.2 Å². The highest BCUT2D eigenvalue weighted by atomic mass is 127. The van der Waals surface area contributed by atoms with Crippen LogP contribution in [0.5, 0.6) is 0 Å². The van der Waals surface area contributed by atoms with E-state index < -0.39 is 0 Å². The van der Waals surface area contributed by atoms with E-state index in [4.69, 9.17) is 14.1 Å². The van der Waals surface area contributed by atoms with E-state index in [1.807, 2.05) is 30.8 Å². The summed E-state index contributed by atoms with van der Waals surface area (Å²) in [6.45, 7) is 9.67. The number of aliphatic imine (C=N–C) groups is 1. The Kier molecular flexibility index (Phi) is 15.6. The van der Waals surface area contributed by atoms with Crippen molar-refractivity contribution in [3.05, 3.63) is 24.2 Å². The molecule has 7 heteroatoms. The van der Waals surface area contributed by atoms with Gasteiger partial charge in [-0.2, -0.15) is 11.8 Å². The van der Waals surface area contributed by atoms with E-state index in [-0.39, 0.29) is 30.1 Å². The van der Waals surface area contributed by atoms with Gasteiger partial charge in [-0.05, 0) is 37.7 Å². The molecule has 0 aliphatic carbocycles. The SMILES string of the molecule is CCOC(CCN=C(NCCSC)NCCc1ccco1)C(C)C.I. The van der Waals surface area contributed by atoms with Crippen molar-refractivity contribution in [1.29, 1.82) is 0 Å². The predicted octanol–water partition coefficient (Wildman–Crippen LogP) is 3.79. The first-order valence-electron chi connectivity index (χ1n) is 8.82. The number of hydrogen-bond donors (Lipinski definition) is 2. The van der Waals surface area contributed by atoms with Gasteiger partial charge in [-0.1, -0.05) is 13.8 Å². The summed E-state index contributed by atoms with van der Waals surface area (Å²) >= 11 is 1.82. The minimum Gasteiger partial charge on any atom is -0.469 e. The molecule has 0 amide bonds. The molecular weight excluding hydrogens is 449 g/mol. The van der Waals surface area contributed by atoms with E-state index in [0.29, 0.717) is 5.92 Å². The normalized spacial score (nSPS) is 12.8. The van der Waals surface area contributed by atoms with Crippen molar-refractivity contribution in [2.45, 2.75) is 39.7 Å². The topological polar surface area (TPSA) is 58.8 Å². The lowest BCUT2D eigenvalue weighted by Crippen LogP contribution is -2.39. The van der Waals surface area contributed by atoms with Crippen molar-refractivity contribution in [2.24, 2.45) is 10.9 Å². The third kappa shape index (κ3) is 11.8. The number of guanidine groups is 1. The fourth-order valence-corrected chi connectivity index (χ4v) is 2.64. The second kappa shape index (κ2) is 15.8. The first kappa shape index (κ1) is 24.6. The van der Waals surface area contributed by atoms with Crippen LogP contribution in [0, 0.1) is 5.92 Å². The summed E-state index contributed by atoms with van der Waals surface area (Å²) in [6, 6.07) is 3.91. The average molecular weight is 483 g/mol. The van der Waals surface area contributed by atoms with Gasteiger partial charge in [0.2, 0.25) is 0 Å². The number of ether oxygens (including phenoxy) is 1. The van der Waals surface area contributed by atoms with Crippen LogP contribution < -0.4 is 10.6 Å².